The second-order valence-corrected chi connectivity index (χ2v) is 6.27. The SMILES string of the molecule is C=C(Br)CNS(=O)(=O)c1cc(C(=O)O)cc(F)c1F. The fourth-order valence-electron chi connectivity index (χ4n) is 1.13. The van der Waals surface area contributed by atoms with E-state index in [2.05, 4.69) is 22.5 Å². The number of carboxylic acid groups (broad SMARTS) is 1. The molecule has 1 rings (SSSR count). The third kappa shape index (κ3) is 3.82. The van der Waals surface area contributed by atoms with Crippen molar-refractivity contribution in [3.05, 3.63) is 40.4 Å². The van der Waals surface area contributed by atoms with Crippen molar-refractivity contribution in [3.63, 3.8) is 0 Å². The van der Waals surface area contributed by atoms with E-state index in [-0.39, 0.29) is 11.0 Å². The standard InChI is InChI=1S/C10H8BrF2NO4S/c1-5(11)4-14-19(17,18)8-3-6(10(15)16)2-7(12)9(8)13/h2-3,14H,1,4H2,(H,15,16). The van der Waals surface area contributed by atoms with Gasteiger partial charge >= 0.3 is 5.97 Å². The Bertz CT molecular complexity index is 645. The molecular weight excluding hydrogens is 348 g/mol. The zero-order valence-corrected chi connectivity index (χ0v) is 11.7. The number of benzene rings is 1. The molecule has 1 aromatic carbocycles. The molecule has 0 spiro atoms. The lowest BCUT2D eigenvalue weighted by atomic mass is 10.2. The van der Waals surface area contributed by atoms with Crippen LogP contribution in [0.4, 0.5) is 8.78 Å². The van der Waals surface area contributed by atoms with Crippen LogP contribution in [0, 0.1) is 11.6 Å². The molecule has 0 saturated carbocycles. The summed E-state index contributed by atoms with van der Waals surface area (Å²) < 4.78 is 52.2. The van der Waals surface area contributed by atoms with Crippen molar-refractivity contribution in [2.24, 2.45) is 0 Å². The summed E-state index contributed by atoms with van der Waals surface area (Å²) in [6.45, 7) is 3.12. The highest BCUT2D eigenvalue weighted by atomic mass is 79.9. The molecule has 0 bridgehead atoms. The molecule has 1 aromatic rings. The molecule has 0 atom stereocenters. The number of sulfonamides is 1. The van der Waals surface area contributed by atoms with Gasteiger partial charge in [-0.05, 0) is 12.1 Å². The molecule has 0 aliphatic carbocycles. The second kappa shape index (κ2) is 5.76. The number of carbonyl (C=O) groups is 1. The summed E-state index contributed by atoms with van der Waals surface area (Å²) in [6.07, 6.45) is 0. The number of halogens is 3. The molecule has 19 heavy (non-hydrogen) atoms. The first-order valence-corrected chi connectivity index (χ1v) is 6.98. The average molecular weight is 356 g/mol. The molecule has 5 nitrogen and oxygen atoms in total. The van der Waals surface area contributed by atoms with Gasteiger partial charge in [0.2, 0.25) is 10.0 Å². The van der Waals surface area contributed by atoms with Gasteiger partial charge in [-0.2, -0.15) is 0 Å². The quantitative estimate of drug-likeness (QED) is 0.844. The third-order valence-corrected chi connectivity index (χ3v) is 3.67. The molecule has 0 fully saturated rings. The Kier molecular flexibility index (Phi) is 4.77. The minimum atomic E-state index is -4.38. The van der Waals surface area contributed by atoms with E-state index in [0.717, 1.165) is 0 Å². The molecule has 0 unspecified atom stereocenters. The number of carboxylic acids is 1. The van der Waals surface area contributed by atoms with Crippen LogP contribution in [0.5, 0.6) is 0 Å². The second-order valence-electron chi connectivity index (χ2n) is 3.42. The Morgan fingerprint density at radius 1 is 1.42 bits per heavy atom. The van der Waals surface area contributed by atoms with Gasteiger partial charge in [0.25, 0.3) is 0 Å². The third-order valence-electron chi connectivity index (χ3n) is 1.99. The van der Waals surface area contributed by atoms with E-state index in [4.69, 9.17) is 5.11 Å². The van der Waals surface area contributed by atoms with Crippen LogP contribution in [0.1, 0.15) is 10.4 Å². The van der Waals surface area contributed by atoms with Crippen molar-refractivity contribution >= 4 is 31.9 Å². The molecule has 2 N–H and O–H groups in total. The molecule has 0 aliphatic heterocycles. The van der Waals surface area contributed by atoms with E-state index in [0.29, 0.717) is 12.1 Å². The van der Waals surface area contributed by atoms with Gasteiger partial charge in [0.1, 0.15) is 4.90 Å². The van der Waals surface area contributed by atoms with Gasteiger partial charge in [-0.15, -0.1) is 0 Å². The fourth-order valence-corrected chi connectivity index (χ4v) is 2.60. The Morgan fingerprint density at radius 2 is 2.00 bits per heavy atom. The molecule has 9 heteroatoms. The predicted molar refractivity (Wildman–Crippen MR) is 66.6 cm³/mol. The maximum absolute atomic E-state index is 13.4. The minimum absolute atomic E-state index is 0.249. The zero-order valence-electron chi connectivity index (χ0n) is 9.28. The summed E-state index contributed by atoms with van der Waals surface area (Å²) in [4.78, 5) is 9.61. The summed E-state index contributed by atoms with van der Waals surface area (Å²) in [5, 5.41) is 8.68. The Morgan fingerprint density at radius 3 is 2.47 bits per heavy atom. The molecule has 0 heterocycles. The van der Waals surface area contributed by atoms with E-state index >= 15 is 0 Å². The Balaban J connectivity index is 3.33. The van der Waals surface area contributed by atoms with Crippen LogP contribution >= 0.6 is 15.9 Å². The number of rotatable bonds is 5. The topological polar surface area (TPSA) is 83.5 Å². The number of hydrogen-bond donors (Lipinski definition) is 2. The maximum atomic E-state index is 13.4. The van der Waals surface area contributed by atoms with Crippen LogP contribution in [0.25, 0.3) is 0 Å². The molecule has 0 radical (unpaired) electrons. The molecular formula is C10H8BrF2NO4S. The molecule has 0 amide bonds. The summed E-state index contributed by atoms with van der Waals surface area (Å²) in [6, 6.07) is 0.945. The molecule has 0 saturated heterocycles. The van der Waals surface area contributed by atoms with Crippen molar-refractivity contribution in [2.45, 2.75) is 4.90 Å². The first-order chi connectivity index (χ1) is 8.65. The van der Waals surface area contributed by atoms with Crippen molar-refractivity contribution in [1.29, 1.82) is 0 Å². The van der Waals surface area contributed by atoms with Crippen LogP contribution in [0.2, 0.25) is 0 Å². The molecule has 104 valence electrons. The van der Waals surface area contributed by atoms with Crippen LogP contribution < -0.4 is 4.72 Å². The fraction of sp³-hybridized carbons (Fsp3) is 0.100. The molecule has 0 aliphatic rings. The van der Waals surface area contributed by atoms with Crippen LogP contribution in [0.15, 0.2) is 28.1 Å². The summed E-state index contributed by atoms with van der Waals surface area (Å²) in [7, 11) is -4.38. The largest absolute Gasteiger partial charge is 0.478 e. The predicted octanol–water partition coefficient (Wildman–Crippen LogP) is 1.85. The summed E-state index contributed by atoms with van der Waals surface area (Å²) in [5.41, 5.74) is -0.669. The van der Waals surface area contributed by atoms with E-state index in [9.17, 15) is 22.0 Å². The average Bonchev–Trinajstić information content (AvgIpc) is 2.29. The van der Waals surface area contributed by atoms with Crippen LogP contribution in [-0.4, -0.2) is 26.0 Å². The number of aromatic carboxylic acids is 1. The first-order valence-electron chi connectivity index (χ1n) is 4.70. The highest BCUT2D eigenvalue weighted by molar-refractivity contribution is 9.11. The maximum Gasteiger partial charge on any atom is 0.335 e. The Hall–Kier alpha value is -1.32. The van der Waals surface area contributed by atoms with E-state index < -0.39 is 38.1 Å². The van der Waals surface area contributed by atoms with Crippen molar-refractivity contribution in [1.82, 2.24) is 4.72 Å². The van der Waals surface area contributed by atoms with E-state index in [1.807, 2.05) is 4.72 Å². The van der Waals surface area contributed by atoms with Gasteiger partial charge in [0.15, 0.2) is 11.6 Å². The molecule has 0 aromatic heterocycles. The first kappa shape index (κ1) is 15.7. The summed E-state index contributed by atoms with van der Waals surface area (Å²) >= 11 is 2.89. The minimum Gasteiger partial charge on any atom is -0.478 e. The highest BCUT2D eigenvalue weighted by Crippen LogP contribution is 2.20. The lowest BCUT2D eigenvalue weighted by Gasteiger charge is -2.08. The number of nitrogens with one attached hydrogen (secondary N) is 1. The smallest absolute Gasteiger partial charge is 0.335 e. The van der Waals surface area contributed by atoms with Crippen LogP contribution in [0.3, 0.4) is 0 Å². The lowest BCUT2D eigenvalue weighted by Crippen LogP contribution is -2.26. The Labute approximate surface area is 116 Å². The normalized spacial score (nSPS) is 11.3. The van der Waals surface area contributed by atoms with E-state index in [1.54, 1.807) is 0 Å². The monoisotopic (exact) mass is 355 g/mol. The van der Waals surface area contributed by atoms with Gasteiger partial charge < -0.3 is 5.11 Å². The van der Waals surface area contributed by atoms with Gasteiger partial charge in [0.05, 0.1) is 5.56 Å². The van der Waals surface area contributed by atoms with Gasteiger partial charge in [-0.1, -0.05) is 22.5 Å². The van der Waals surface area contributed by atoms with Crippen molar-refractivity contribution in [3.8, 4) is 0 Å². The highest BCUT2D eigenvalue weighted by Gasteiger charge is 2.24. The number of hydrogen-bond acceptors (Lipinski definition) is 3. The van der Waals surface area contributed by atoms with Gasteiger partial charge in [0, 0.05) is 11.0 Å². The van der Waals surface area contributed by atoms with Crippen molar-refractivity contribution in [2.75, 3.05) is 6.54 Å². The zero-order chi connectivity index (χ0) is 14.8. The van der Waals surface area contributed by atoms with E-state index in [1.165, 1.54) is 0 Å². The van der Waals surface area contributed by atoms with Crippen LogP contribution in [-0.2, 0) is 10.0 Å². The van der Waals surface area contributed by atoms with Gasteiger partial charge in [-0.3, -0.25) is 0 Å². The lowest BCUT2D eigenvalue weighted by molar-refractivity contribution is 0.0696. The van der Waals surface area contributed by atoms with Crippen molar-refractivity contribution < 1.29 is 27.1 Å². The summed E-state index contributed by atoms with van der Waals surface area (Å²) in [5.74, 6) is -4.77. The van der Waals surface area contributed by atoms with Gasteiger partial charge in [-0.25, -0.2) is 26.7 Å².